The molecule has 0 bridgehead atoms. The van der Waals surface area contributed by atoms with E-state index >= 15 is 0 Å². The zero-order chi connectivity index (χ0) is 20.8. The number of nitrogens with one attached hydrogen (secondary N) is 1. The second-order valence-corrected chi connectivity index (χ2v) is 10.2. The van der Waals surface area contributed by atoms with E-state index in [1.54, 1.807) is 23.6 Å². The first-order valence-electron chi connectivity index (χ1n) is 9.80. The maximum Gasteiger partial charge on any atom is 0.282 e. The van der Waals surface area contributed by atoms with Gasteiger partial charge in [0.15, 0.2) is 7.05 Å². The molecule has 2 heterocycles. The first-order valence-corrected chi connectivity index (χ1v) is 10.7. The average Bonchev–Trinajstić information content (AvgIpc) is 3.00. The molecule has 0 aliphatic carbocycles. The maximum atomic E-state index is 12.9. The van der Waals surface area contributed by atoms with E-state index in [4.69, 9.17) is 18.7 Å². The highest BCUT2D eigenvalue weighted by Crippen LogP contribution is 2.35. The lowest BCUT2D eigenvalue weighted by Gasteiger charge is -2.30. The Kier molecular flexibility index (Phi) is 8.36. The summed E-state index contributed by atoms with van der Waals surface area (Å²) in [5.74, 6) is 0.396. The lowest BCUT2D eigenvalue weighted by atomic mass is 9.90. The minimum absolute atomic E-state index is 0.0564. The van der Waals surface area contributed by atoms with Gasteiger partial charge in [0.1, 0.15) is 0 Å². The lowest BCUT2D eigenvalue weighted by molar-refractivity contribution is -0.850. The molecule has 28 heavy (non-hydrogen) atoms. The third-order valence-electron chi connectivity index (χ3n) is 4.84. The highest BCUT2D eigenvalue weighted by Gasteiger charge is 2.37. The largest absolute Gasteiger partial charge is 0.382 e. The normalized spacial score (nSPS) is 16.4. The van der Waals surface area contributed by atoms with Crippen LogP contribution in [0.1, 0.15) is 46.2 Å². The third-order valence-corrected chi connectivity index (χ3v) is 6.42. The predicted molar refractivity (Wildman–Crippen MR) is 110 cm³/mol. The van der Waals surface area contributed by atoms with Crippen LogP contribution in [0.4, 0.5) is 5.88 Å². The third kappa shape index (κ3) is 6.47. The van der Waals surface area contributed by atoms with Gasteiger partial charge in [-0.15, -0.1) is 11.8 Å². The molecule has 0 aromatic carbocycles. The molecule has 1 aromatic heterocycles. The van der Waals surface area contributed by atoms with Gasteiger partial charge in [-0.3, -0.25) is 10.1 Å². The number of aromatic nitrogens is 1. The van der Waals surface area contributed by atoms with Crippen LogP contribution in [0.2, 0.25) is 0 Å². The Bertz CT molecular complexity index is 639. The zero-order valence-corrected chi connectivity index (χ0v) is 18.8. The molecule has 7 nitrogen and oxygen atoms in total. The molecule has 1 aliphatic heterocycles. The molecule has 0 spiro atoms. The van der Waals surface area contributed by atoms with Gasteiger partial charge >= 0.3 is 0 Å². The van der Waals surface area contributed by atoms with E-state index < -0.39 is 4.75 Å². The molecule has 1 amide bonds. The van der Waals surface area contributed by atoms with Gasteiger partial charge in [0, 0.05) is 25.6 Å². The number of hydrogen-bond acceptors (Lipinski definition) is 6. The monoisotopic (exact) mass is 415 g/mol. The molecule has 1 fully saturated rings. The number of aryl methyl sites for hydroxylation is 1. The summed E-state index contributed by atoms with van der Waals surface area (Å²) in [5, 5.41) is 3.39. The van der Waals surface area contributed by atoms with Gasteiger partial charge in [0.25, 0.3) is 5.88 Å². The van der Waals surface area contributed by atoms with E-state index in [1.165, 1.54) is 0 Å². The Hall–Kier alpha value is -1.09. The first kappa shape index (κ1) is 23.2. The Morgan fingerprint density at radius 1 is 1.29 bits per heavy atom. The smallest absolute Gasteiger partial charge is 0.282 e. The fourth-order valence-corrected chi connectivity index (χ4v) is 4.61. The molecule has 0 atom stereocenters. The maximum absolute atomic E-state index is 12.9. The van der Waals surface area contributed by atoms with Crippen LogP contribution in [0, 0.1) is 0 Å². The summed E-state index contributed by atoms with van der Waals surface area (Å²) in [6.45, 7) is 11.3. The van der Waals surface area contributed by atoms with Gasteiger partial charge in [-0.2, -0.15) is 0 Å². The zero-order valence-electron chi connectivity index (χ0n) is 18.0. The van der Waals surface area contributed by atoms with Gasteiger partial charge in [0.05, 0.1) is 36.0 Å². The number of rotatable bonds is 10. The standard InChI is InChI=1S/C20H34N2O5S/c1-19(2,14-26-12-11-24-6)16-13-17(27-22(16)5)21-18(23)20(3,4)28-15-7-9-25-10-8-15/h13,15H,7-12,14H2,1-6H3/p+1. The fourth-order valence-electron chi connectivity index (χ4n) is 3.19. The summed E-state index contributed by atoms with van der Waals surface area (Å²) in [4.78, 5) is 12.9. The number of thioether (sulfide) groups is 1. The van der Waals surface area contributed by atoms with Crippen LogP contribution in [0.15, 0.2) is 10.6 Å². The van der Waals surface area contributed by atoms with Gasteiger partial charge in [0.2, 0.25) is 11.6 Å². The van der Waals surface area contributed by atoms with Crippen molar-refractivity contribution in [3.63, 3.8) is 0 Å². The molecule has 0 saturated carbocycles. The fraction of sp³-hybridized carbons (Fsp3) is 0.800. The quantitative estimate of drug-likeness (QED) is 0.468. The summed E-state index contributed by atoms with van der Waals surface area (Å²) < 4.78 is 23.0. The van der Waals surface area contributed by atoms with E-state index in [0.29, 0.717) is 31.0 Å². The van der Waals surface area contributed by atoms with E-state index in [9.17, 15) is 4.79 Å². The average molecular weight is 416 g/mol. The lowest BCUT2D eigenvalue weighted by Crippen LogP contribution is -2.40. The number of carbonyl (C=O) groups is 1. The second kappa shape index (κ2) is 10.1. The van der Waals surface area contributed by atoms with E-state index in [1.807, 2.05) is 27.0 Å². The summed E-state index contributed by atoms with van der Waals surface area (Å²) in [6, 6.07) is 1.88. The molecule has 1 aromatic rings. The van der Waals surface area contributed by atoms with Gasteiger partial charge in [-0.05, 0) is 45.3 Å². The Balaban J connectivity index is 1.98. The van der Waals surface area contributed by atoms with Crippen molar-refractivity contribution < 1.29 is 28.3 Å². The SMILES string of the molecule is COCCOCC(C)(C)c1cc(NC(=O)C(C)(C)SC2CCOCC2)o[n+]1C. The van der Waals surface area contributed by atoms with E-state index in [2.05, 4.69) is 19.2 Å². The van der Waals surface area contributed by atoms with Crippen molar-refractivity contribution in [3.8, 4) is 0 Å². The molecule has 160 valence electrons. The van der Waals surface area contributed by atoms with Crippen molar-refractivity contribution in [2.75, 3.05) is 45.5 Å². The van der Waals surface area contributed by atoms with Crippen LogP contribution in [-0.4, -0.2) is 56.0 Å². The minimum Gasteiger partial charge on any atom is -0.382 e. The van der Waals surface area contributed by atoms with Crippen molar-refractivity contribution in [1.29, 1.82) is 0 Å². The van der Waals surface area contributed by atoms with Crippen molar-refractivity contribution in [1.82, 2.24) is 0 Å². The molecule has 1 saturated heterocycles. The molecule has 0 unspecified atom stereocenters. The summed E-state index contributed by atoms with van der Waals surface area (Å²) in [5.41, 5.74) is 0.691. The molecular formula is C20H35N2O5S+. The molecule has 1 N–H and O–H groups in total. The molecule has 1 aliphatic rings. The van der Waals surface area contributed by atoms with E-state index in [-0.39, 0.29) is 11.3 Å². The Morgan fingerprint density at radius 3 is 2.61 bits per heavy atom. The van der Waals surface area contributed by atoms with Crippen molar-refractivity contribution in [3.05, 3.63) is 11.8 Å². The predicted octanol–water partition coefficient (Wildman–Crippen LogP) is 2.67. The van der Waals surface area contributed by atoms with Crippen LogP contribution in [0.25, 0.3) is 0 Å². The van der Waals surface area contributed by atoms with Gasteiger partial charge < -0.3 is 14.2 Å². The summed E-state index contributed by atoms with van der Waals surface area (Å²) in [7, 11) is 3.49. The van der Waals surface area contributed by atoms with Crippen LogP contribution >= 0.6 is 11.8 Å². The van der Waals surface area contributed by atoms with E-state index in [0.717, 1.165) is 31.7 Å². The number of methoxy groups -OCH3 is 1. The highest BCUT2D eigenvalue weighted by atomic mass is 32.2. The van der Waals surface area contributed by atoms with Gasteiger partial charge in [-0.25, -0.2) is 4.52 Å². The molecule has 0 radical (unpaired) electrons. The summed E-state index contributed by atoms with van der Waals surface area (Å²) in [6.07, 6.45) is 1.97. The Labute approximate surface area is 172 Å². The number of nitrogens with zero attached hydrogens (tertiary/aromatic N) is 1. The van der Waals surface area contributed by atoms with Crippen LogP contribution in [-0.2, 0) is 31.5 Å². The van der Waals surface area contributed by atoms with Crippen LogP contribution in [0.5, 0.6) is 0 Å². The van der Waals surface area contributed by atoms with Crippen LogP contribution in [0.3, 0.4) is 0 Å². The number of amides is 1. The summed E-state index contributed by atoms with van der Waals surface area (Å²) >= 11 is 1.71. The van der Waals surface area contributed by atoms with Crippen LogP contribution < -0.4 is 10.1 Å². The van der Waals surface area contributed by atoms with Crippen molar-refractivity contribution >= 4 is 23.6 Å². The molecule has 2 rings (SSSR count). The number of hydrogen-bond donors (Lipinski definition) is 1. The minimum atomic E-state index is -0.549. The second-order valence-electron chi connectivity index (χ2n) is 8.31. The van der Waals surface area contributed by atoms with Gasteiger partial charge in [-0.1, -0.05) is 0 Å². The topological polar surface area (TPSA) is 73.8 Å². The van der Waals surface area contributed by atoms with Crippen molar-refractivity contribution in [2.24, 2.45) is 7.05 Å². The Morgan fingerprint density at radius 2 is 1.96 bits per heavy atom. The number of anilines is 1. The highest BCUT2D eigenvalue weighted by molar-refractivity contribution is 8.02. The molecule has 8 heteroatoms. The number of ether oxygens (including phenoxy) is 3. The number of carbonyl (C=O) groups excluding carboxylic acids is 1. The first-order chi connectivity index (χ1) is 13.2. The van der Waals surface area contributed by atoms with Crippen molar-refractivity contribution in [2.45, 2.75) is 55.9 Å². The molecular weight excluding hydrogens is 380 g/mol.